The van der Waals surface area contributed by atoms with Gasteiger partial charge in [0.05, 0.1) is 7.11 Å². The molecule has 0 radical (unpaired) electrons. The number of ether oxygens (including phenoxy) is 2. The third-order valence-electron chi connectivity index (χ3n) is 6.79. The topological polar surface area (TPSA) is 127 Å². The molecule has 1 aromatic carbocycles. The number of aryl methyl sites for hydroxylation is 2. The van der Waals surface area contributed by atoms with Crippen molar-refractivity contribution in [3.63, 3.8) is 0 Å². The number of anilines is 1. The number of para-hydroxylation sites is 1. The highest BCUT2D eigenvalue weighted by Crippen LogP contribution is 2.24. The molecule has 0 spiro atoms. The largest absolute Gasteiger partial charge is 0.482 e. The van der Waals surface area contributed by atoms with Crippen molar-refractivity contribution in [2.24, 2.45) is 12.8 Å². The Balaban J connectivity index is 1.75. The van der Waals surface area contributed by atoms with Gasteiger partial charge in [0.1, 0.15) is 5.75 Å². The number of hydrogen-bond donors (Lipinski definition) is 1. The van der Waals surface area contributed by atoms with E-state index in [2.05, 4.69) is 9.64 Å². The highest BCUT2D eigenvalue weighted by Gasteiger charge is 2.26. The number of piperidine rings is 1. The summed E-state index contributed by atoms with van der Waals surface area (Å²) in [6.07, 6.45) is 4.28. The predicted molar refractivity (Wildman–Crippen MR) is 146 cm³/mol. The number of esters is 1. The van der Waals surface area contributed by atoms with Gasteiger partial charge in [0, 0.05) is 39.3 Å². The number of methoxy groups -OCH3 is 1. The maximum atomic E-state index is 13.8. The molecule has 38 heavy (non-hydrogen) atoms. The van der Waals surface area contributed by atoms with E-state index in [0.717, 1.165) is 30.5 Å². The monoisotopic (exact) mass is 524 g/mol. The lowest BCUT2D eigenvalue weighted by Crippen LogP contribution is -2.44. The van der Waals surface area contributed by atoms with Gasteiger partial charge in [-0.15, -0.1) is 0 Å². The molecule has 0 bridgehead atoms. The fraction of sp³-hybridized carbons (Fsp3) is 0.481. The standard InChI is InChI=1S/C27H36N6O5/c1-18(2)11-14-32-23-24(29-26(32)31-13-7-9-20(28)16-31)30(3)27(36)33(25(23)35)15-12-19-8-5-6-10-21(19)38-17-22(34)37-4/h5-6,8,10-11,20H,7,9,12-17,28H2,1-4H3. The van der Waals surface area contributed by atoms with Gasteiger partial charge >= 0.3 is 11.7 Å². The first-order chi connectivity index (χ1) is 18.2. The highest BCUT2D eigenvalue weighted by molar-refractivity contribution is 5.75. The van der Waals surface area contributed by atoms with E-state index < -0.39 is 17.2 Å². The molecule has 1 unspecified atom stereocenters. The number of carbonyl (C=O) groups is 1. The Bertz CT molecular complexity index is 1460. The Kier molecular flexibility index (Phi) is 8.35. The van der Waals surface area contributed by atoms with E-state index in [0.29, 0.717) is 42.4 Å². The van der Waals surface area contributed by atoms with Gasteiger partial charge in [-0.1, -0.05) is 29.8 Å². The number of carbonyl (C=O) groups excluding carboxylic acids is 1. The average Bonchev–Trinajstić information content (AvgIpc) is 3.29. The summed E-state index contributed by atoms with van der Waals surface area (Å²) in [5.41, 5.74) is 8.03. The van der Waals surface area contributed by atoms with E-state index in [9.17, 15) is 14.4 Å². The zero-order valence-corrected chi connectivity index (χ0v) is 22.5. The molecule has 1 fully saturated rings. The number of allylic oxidation sites excluding steroid dienone is 2. The maximum Gasteiger partial charge on any atom is 0.343 e. The molecule has 2 aromatic heterocycles. The SMILES string of the molecule is COC(=O)COc1ccccc1CCn1c(=O)c2c(nc(N3CCCC(N)C3)n2CC=C(C)C)n(C)c1=O. The number of benzene rings is 1. The summed E-state index contributed by atoms with van der Waals surface area (Å²) in [5.74, 6) is 0.658. The fourth-order valence-electron chi connectivity index (χ4n) is 4.72. The van der Waals surface area contributed by atoms with Crippen LogP contribution in [-0.2, 0) is 36.1 Å². The quantitative estimate of drug-likeness (QED) is 0.330. The first-order valence-electron chi connectivity index (χ1n) is 12.8. The Hall–Kier alpha value is -3.86. The lowest BCUT2D eigenvalue weighted by Gasteiger charge is -2.31. The van der Waals surface area contributed by atoms with Crippen LogP contribution in [0, 0.1) is 0 Å². The summed E-state index contributed by atoms with van der Waals surface area (Å²) in [6.45, 7) is 5.80. The zero-order valence-electron chi connectivity index (χ0n) is 22.5. The third-order valence-corrected chi connectivity index (χ3v) is 6.79. The minimum atomic E-state index is -0.495. The molecule has 3 aromatic rings. The molecule has 11 nitrogen and oxygen atoms in total. The van der Waals surface area contributed by atoms with Crippen LogP contribution in [-0.4, -0.2) is 57.5 Å². The molecule has 4 rings (SSSR count). The van der Waals surface area contributed by atoms with Crippen molar-refractivity contribution in [1.29, 1.82) is 0 Å². The van der Waals surface area contributed by atoms with Crippen LogP contribution in [0.5, 0.6) is 5.75 Å². The Labute approximate surface area is 221 Å². The smallest absolute Gasteiger partial charge is 0.343 e. The second-order valence-electron chi connectivity index (χ2n) is 9.85. The van der Waals surface area contributed by atoms with Crippen LogP contribution < -0.4 is 26.6 Å². The normalized spacial score (nSPS) is 15.5. The predicted octanol–water partition coefficient (Wildman–Crippen LogP) is 1.58. The second-order valence-corrected chi connectivity index (χ2v) is 9.85. The van der Waals surface area contributed by atoms with Crippen LogP contribution in [0.15, 0.2) is 45.5 Å². The van der Waals surface area contributed by atoms with Gasteiger partial charge in [0.15, 0.2) is 17.8 Å². The molecule has 204 valence electrons. The van der Waals surface area contributed by atoms with Crippen molar-refractivity contribution in [2.45, 2.75) is 52.2 Å². The van der Waals surface area contributed by atoms with Gasteiger partial charge in [-0.25, -0.2) is 9.59 Å². The first-order valence-corrected chi connectivity index (χ1v) is 12.8. The number of hydrogen-bond acceptors (Lipinski definition) is 8. The van der Waals surface area contributed by atoms with Crippen molar-refractivity contribution in [1.82, 2.24) is 18.7 Å². The first kappa shape index (κ1) is 27.2. The molecule has 0 saturated carbocycles. The Morgan fingerprint density at radius 1 is 1.21 bits per heavy atom. The van der Waals surface area contributed by atoms with Crippen molar-refractivity contribution in [2.75, 3.05) is 31.7 Å². The van der Waals surface area contributed by atoms with Gasteiger partial charge in [-0.05, 0) is 44.7 Å². The number of aromatic nitrogens is 4. The van der Waals surface area contributed by atoms with Crippen LogP contribution in [0.4, 0.5) is 5.95 Å². The van der Waals surface area contributed by atoms with Gasteiger partial charge in [0.25, 0.3) is 5.56 Å². The van der Waals surface area contributed by atoms with E-state index in [1.54, 1.807) is 19.2 Å². The van der Waals surface area contributed by atoms with E-state index in [4.69, 9.17) is 15.5 Å². The van der Waals surface area contributed by atoms with Crippen molar-refractivity contribution >= 4 is 23.1 Å². The number of rotatable bonds is 9. The fourth-order valence-corrected chi connectivity index (χ4v) is 4.72. The average molecular weight is 525 g/mol. The number of nitrogens with two attached hydrogens (primary N) is 1. The van der Waals surface area contributed by atoms with E-state index in [1.807, 2.05) is 36.6 Å². The molecule has 1 aliphatic heterocycles. The number of nitrogens with zero attached hydrogens (tertiary/aromatic N) is 5. The van der Waals surface area contributed by atoms with Gasteiger partial charge in [-0.3, -0.25) is 13.9 Å². The summed E-state index contributed by atoms with van der Waals surface area (Å²) in [6, 6.07) is 7.25. The van der Waals surface area contributed by atoms with Crippen LogP contribution in [0.1, 0.15) is 32.3 Å². The van der Waals surface area contributed by atoms with Crippen molar-refractivity contribution < 1.29 is 14.3 Å². The molecule has 1 saturated heterocycles. The van der Waals surface area contributed by atoms with Gasteiger partial charge in [0.2, 0.25) is 5.95 Å². The lowest BCUT2D eigenvalue weighted by atomic mass is 10.1. The van der Waals surface area contributed by atoms with Crippen LogP contribution in [0.3, 0.4) is 0 Å². The van der Waals surface area contributed by atoms with Gasteiger partial charge < -0.3 is 24.7 Å². The summed E-state index contributed by atoms with van der Waals surface area (Å²) in [4.78, 5) is 45.6. The molecule has 3 heterocycles. The van der Waals surface area contributed by atoms with E-state index >= 15 is 0 Å². The summed E-state index contributed by atoms with van der Waals surface area (Å²) >= 11 is 0. The second kappa shape index (κ2) is 11.7. The zero-order chi connectivity index (χ0) is 27.4. The number of imidazole rings is 1. The lowest BCUT2D eigenvalue weighted by molar-refractivity contribution is -0.142. The van der Waals surface area contributed by atoms with E-state index in [-0.39, 0.29) is 19.2 Å². The highest BCUT2D eigenvalue weighted by atomic mass is 16.6. The van der Waals surface area contributed by atoms with Crippen molar-refractivity contribution in [3.05, 3.63) is 62.3 Å². The molecule has 0 aliphatic carbocycles. The van der Waals surface area contributed by atoms with Crippen molar-refractivity contribution in [3.8, 4) is 5.75 Å². The molecule has 0 amide bonds. The Morgan fingerprint density at radius 2 is 1.97 bits per heavy atom. The molecular formula is C27H36N6O5. The molecule has 11 heteroatoms. The maximum absolute atomic E-state index is 13.8. The van der Waals surface area contributed by atoms with Crippen LogP contribution in [0.2, 0.25) is 0 Å². The third kappa shape index (κ3) is 5.67. The molecule has 2 N–H and O–H groups in total. The molecule has 1 aliphatic rings. The number of fused-ring (bicyclic) bond motifs is 1. The van der Waals surface area contributed by atoms with E-state index in [1.165, 1.54) is 16.2 Å². The van der Waals surface area contributed by atoms with Gasteiger partial charge in [-0.2, -0.15) is 4.98 Å². The van der Waals surface area contributed by atoms with Crippen LogP contribution >= 0.6 is 0 Å². The summed E-state index contributed by atoms with van der Waals surface area (Å²) < 4.78 is 14.8. The molecule has 1 atom stereocenters. The summed E-state index contributed by atoms with van der Waals surface area (Å²) in [7, 11) is 2.93. The van der Waals surface area contributed by atoms with Crippen LogP contribution in [0.25, 0.3) is 11.2 Å². The molecular weight excluding hydrogens is 488 g/mol. The minimum absolute atomic E-state index is 0.0300. The minimum Gasteiger partial charge on any atom is -0.482 e. The Morgan fingerprint density at radius 3 is 2.68 bits per heavy atom. The summed E-state index contributed by atoms with van der Waals surface area (Å²) in [5, 5.41) is 0.